The molecule has 13 rings (SSSR count). The van der Waals surface area contributed by atoms with Gasteiger partial charge in [0.1, 0.15) is 33.5 Å². The topological polar surface area (TPSA) is 69.4 Å². The average molecular weight is 755 g/mol. The van der Waals surface area contributed by atoms with Crippen molar-refractivity contribution in [2.45, 2.75) is 0 Å². The van der Waals surface area contributed by atoms with E-state index in [1.54, 1.807) is 0 Å². The lowest BCUT2D eigenvalue weighted by Crippen LogP contribution is -2.02. The Morgan fingerprint density at radius 3 is 1.53 bits per heavy atom. The van der Waals surface area contributed by atoms with Crippen LogP contribution in [0, 0.1) is 0 Å². The summed E-state index contributed by atoms with van der Waals surface area (Å²) >= 11 is 0. The molecule has 6 nitrogen and oxygen atoms in total. The minimum Gasteiger partial charge on any atom is -0.456 e. The van der Waals surface area contributed by atoms with Crippen LogP contribution in [-0.4, -0.2) is 19.4 Å². The molecule has 6 heteroatoms. The van der Waals surface area contributed by atoms with Gasteiger partial charge in [-0.3, -0.25) is 4.40 Å². The number of aromatic nitrogens is 4. The summed E-state index contributed by atoms with van der Waals surface area (Å²) in [5.74, 6) is 0.667. The number of fused-ring (bicyclic) bond motifs is 14. The summed E-state index contributed by atoms with van der Waals surface area (Å²) in [7, 11) is 0. The molecule has 0 bridgehead atoms. The molecule has 0 N–H and O–H groups in total. The summed E-state index contributed by atoms with van der Waals surface area (Å²) in [5, 5.41) is 6.27. The monoisotopic (exact) mass is 754 g/mol. The third-order valence-corrected chi connectivity index (χ3v) is 11.8. The Morgan fingerprint density at radius 2 is 0.864 bits per heavy atom. The number of furan rings is 2. The molecule has 0 unspecified atom stereocenters. The van der Waals surface area contributed by atoms with Gasteiger partial charge in [0.2, 0.25) is 0 Å². The Kier molecular flexibility index (Phi) is 6.63. The van der Waals surface area contributed by atoms with Gasteiger partial charge in [-0.05, 0) is 35.4 Å². The highest BCUT2D eigenvalue weighted by Gasteiger charge is 2.26. The van der Waals surface area contributed by atoms with Crippen LogP contribution in [0.15, 0.2) is 191 Å². The fourth-order valence-corrected chi connectivity index (χ4v) is 9.26. The quantitative estimate of drug-likeness (QED) is 0.167. The van der Waals surface area contributed by atoms with Gasteiger partial charge in [0.15, 0.2) is 5.82 Å². The van der Waals surface area contributed by atoms with Crippen LogP contribution in [0.1, 0.15) is 0 Å². The second-order valence-corrected chi connectivity index (χ2v) is 15.1. The van der Waals surface area contributed by atoms with Crippen molar-refractivity contribution in [3.8, 4) is 44.9 Å². The number of nitrogens with zero attached hydrogens (tertiary/aromatic N) is 4. The molecule has 5 aromatic heterocycles. The SMILES string of the molecule is c1ccc(-c2nc(-c3ccccc3)c3c(n2)c2ccccc2c2nc4c(-c5cccc6oc7ccccc7c56)ccc(-c5cccc6oc7ccccc7c56)c4n23)cc1. The van der Waals surface area contributed by atoms with Crippen LogP contribution in [0.5, 0.6) is 0 Å². The van der Waals surface area contributed by atoms with Gasteiger partial charge in [-0.15, -0.1) is 0 Å². The maximum Gasteiger partial charge on any atom is 0.160 e. The smallest absolute Gasteiger partial charge is 0.160 e. The zero-order valence-electron chi connectivity index (χ0n) is 31.4. The zero-order valence-corrected chi connectivity index (χ0v) is 31.4. The van der Waals surface area contributed by atoms with E-state index in [4.69, 9.17) is 23.8 Å². The van der Waals surface area contributed by atoms with Gasteiger partial charge in [-0.25, -0.2) is 15.0 Å². The Hall–Kier alpha value is -8.09. The Bertz CT molecular complexity index is 3840. The van der Waals surface area contributed by atoms with Crippen LogP contribution >= 0.6 is 0 Å². The predicted octanol–water partition coefficient (Wildman–Crippen LogP) is 14.1. The van der Waals surface area contributed by atoms with Crippen molar-refractivity contribution >= 4 is 82.4 Å². The Morgan fingerprint density at radius 1 is 0.339 bits per heavy atom. The summed E-state index contributed by atoms with van der Waals surface area (Å²) in [6.07, 6.45) is 0. The molecule has 8 aromatic carbocycles. The van der Waals surface area contributed by atoms with E-state index in [9.17, 15) is 0 Å². The van der Waals surface area contributed by atoms with E-state index in [0.717, 1.165) is 121 Å². The lowest BCUT2D eigenvalue weighted by Gasteiger charge is -2.16. The number of pyridine rings is 1. The number of hydrogen-bond acceptors (Lipinski definition) is 5. The minimum atomic E-state index is 0.667. The molecule has 0 fully saturated rings. The number of hydrogen-bond donors (Lipinski definition) is 0. The molecule has 274 valence electrons. The Labute approximate surface area is 336 Å². The molecule has 59 heavy (non-hydrogen) atoms. The summed E-state index contributed by atoms with van der Waals surface area (Å²) in [6.45, 7) is 0. The van der Waals surface area contributed by atoms with Crippen LogP contribution < -0.4 is 0 Å². The molecule has 0 saturated heterocycles. The molecule has 5 heterocycles. The van der Waals surface area contributed by atoms with Crippen LogP contribution in [-0.2, 0) is 0 Å². The van der Waals surface area contributed by atoms with Gasteiger partial charge in [0.05, 0.1) is 22.2 Å². The van der Waals surface area contributed by atoms with E-state index in [1.165, 1.54) is 0 Å². The maximum absolute atomic E-state index is 6.48. The minimum absolute atomic E-state index is 0.667. The molecule has 0 aliphatic rings. The van der Waals surface area contributed by atoms with Crippen molar-refractivity contribution in [1.29, 1.82) is 0 Å². The lowest BCUT2D eigenvalue weighted by molar-refractivity contribution is 0.668. The molecular formula is C53H30N4O2. The van der Waals surface area contributed by atoms with Gasteiger partial charge < -0.3 is 8.83 Å². The molecule has 0 spiro atoms. The van der Waals surface area contributed by atoms with E-state index < -0.39 is 0 Å². The largest absolute Gasteiger partial charge is 0.456 e. The number of benzene rings is 8. The molecule has 0 saturated carbocycles. The Balaban J connectivity index is 1.28. The van der Waals surface area contributed by atoms with Crippen molar-refractivity contribution in [2.75, 3.05) is 0 Å². The fraction of sp³-hybridized carbons (Fsp3) is 0. The van der Waals surface area contributed by atoms with Gasteiger partial charge in [0.25, 0.3) is 0 Å². The van der Waals surface area contributed by atoms with Gasteiger partial charge in [-0.2, -0.15) is 0 Å². The zero-order chi connectivity index (χ0) is 38.6. The first-order valence-electron chi connectivity index (χ1n) is 19.8. The summed E-state index contributed by atoms with van der Waals surface area (Å²) in [6, 6.07) is 62.9. The van der Waals surface area contributed by atoms with Crippen molar-refractivity contribution in [1.82, 2.24) is 19.4 Å². The van der Waals surface area contributed by atoms with E-state index in [0.29, 0.717) is 5.82 Å². The van der Waals surface area contributed by atoms with Crippen LogP contribution in [0.3, 0.4) is 0 Å². The molecule has 0 aliphatic carbocycles. The third kappa shape index (κ3) is 4.59. The van der Waals surface area contributed by atoms with Crippen molar-refractivity contribution in [3.63, 3.8) is 0 Å². The second kappa shape index (κ2) is 12.2. The molecule has 0 amide bonds. The van der Waals surface area contributed by atoms with E-state index >= 15 is 0 Å². The maximum atomic E-state index is 6.48. The number of para-hydroxylation sites is 2. The van der Waals surface area contributed by atoms with E-state index in [-0.39, 0.29) is 0 Å². The van der Waals surface area contributed by atoms with Crippen molar-refractivity contribution in [2.24, 2.45) is 0 Å². The summed E-state index contributed by atoms with van der Waals surface area (Å²) in [4.78, 5) is 16.6. The molecular weight excluding hydrogens is 725 g/mol. The van der Waals surface area contributed by atoms with Crippen LogP contribution in [0.4, 0.5) is 0 Å². The van der Waals surface area contributed by atoms with E-state index in [1.807, 2.05) is 54.6 Å². The van der Waals surface area contributed by atoms with Gasteiger partial charge in [-0.1, -0.05) is 158 Å². The first-order valence-corrected chi connectivity index (χ1v) is 19.8. The number of imidazole rings is 1. The normalized spacial score (nSPS) is 12.1. The van der Waals surface area contributed by atoms with E-state index in [2.05, 4.69) is 132 Å². The molecule has 13 aromatic rings. The highest BCUT2D eigenvalue weighted by atomic mass is 16.3. The van der Waals surface area contributed by atoms with Crippen molar-refractivity contribution < 1.29 is 8.83 Å². The van der Waals surface area contributed by atoms with Crippen LogP contribution in [0.2, 0.25) is 0 Å². The third-order valence-electron chi connectivity index (χ3n) is 11.8. The average Bonchev–Trinajstić information content (AvgIpc) is 4.01. The summed E-state index contributed by atoms with van der Waals surface area (Å²) < 4.78 is 15.2. The number of rotatable bonds is 4. The molecule has 0 atom stereocenters. The van der Waals surface area contributed by atoms with Gasteiger partial charge >= 0.3 is 0 Å². The lowest BCUT2D eigenvalue weighted by atomic mass is 9.93. The second-order valence-electron chi connectivity index (χ2n) is 15.1. The van der Waals surface area contributed by atoms with Crippen LogP contribution in [0.25, 0.3) is 127 Å². The summed E-state index contributed by atoms with van der Waals surface area (Å²) in [5.41, 5.74) is 14.7. The first kappa shape index (κ1) is 32.0. The first-order chi connectivity index (χ1) is 29.3. The highest BCUT2D eigenvalue weighted by Crippen LogP contribution is 2.46. The fourth-order valence-electron chi connectivity index (χ4n) is 9.26. The molecule has 0 radical (unpaired) electrons. The standard InChI is InChI=1S/C53H30N4O2/c1-3-15-31(16-4-1)47-51-49(55-52(54-47)32-17-5-2-6-18-32)35-19-7-8-20-38(35)53-56-48-36(33-23-13-27-43-45(33)39-21-9-11-25-41(39)58-43)29-30-37(50(48)57(51)53)34-24-14-28-44-46(34)40-22-10-12-26-42(40)59-44/h1-30H. The predicted molar refractivity (Wildman–Crippen MR) is 240 cm³/mol. The highest BCUT2D eigenvalue weighted by molar-refractivity contribution is 6.22. The molecule has 0 aliphatic heterocycles. The van der Waals surface area contributed by atoms with Crippen molar-refractivity contribution in [3.05, 3.63) is 182 Å². The van der Waals surface area contributed by atoms with Gasteiger partial charge in [0, 0.05) is 54.6 Å².